The topological polar surface area (TPSA) is 143 Å². The van der Waals surface area contributed by atoms with Crippen LogP contribution in [0.4, 0.5) is 9.59 Å². The predicted molar refractivity (Wildman–Crippen MR) is 209 cm³/mol. The van der Waals surface area contributed by atoms with Gasteiger partial charge in [-0.15, -0.1) is 0 Å². The summed E-state index contributed by atoms with van der Waals surface area (Å²) in [6, 6.07) is 24.9. The van der Waals surface area contributed by atoms with E-state index in [9.17, 15) is 14.4 Å². The maximum absolute atomic E-state index is 13.9. The number of benzene rings is 3. The summed E-state index contributed by atoms with van der Waals surface area (Å²) in [6.07, 6.45) is 6.51. The smallest absolute Gasteiger partial charge is 0.407 e. The molecule has 0 aliphatic carbocycles. The van der Waals surface area contributed by atoms with Gasteiger partial charge in [0.1, 0.15) is 17.7 Å². The minimum absolute atomic E-state index is 0.0356. The highest BCUT2D eigenvalue weighted by atomic mass is 16.5. The molecule has 284 valence electrons. The zero-order chi connectivity index (χ0) is 37.9. The average Bonchev–Trinajstić information content (AvgIpc) is 4.07. The Morgan fingerprint density at radius 2 is 1.20 bits per heavy atom. The number of likely N-dealkylation sites (tertiary alicyclic amines) is 2. The van der Waals surface area contributed by atoms with Gasteiger partial charge in [0.25, 0.3) is 5.91 Å². The number of imidazole rings is 2. The molecule has 8 rings (SSSR count). The predicted octanol–water partition coefficient (Wildman–Crippen LogP) is 6.40. The van der Waals surface area contributed by atoms with Crippen LogP contribution in [0.15, 0.2) is 91.3 Å². The van der Waals surface area contributed by atoms with Crippen molar-refractivity contribution < 1.29 is 19.1 Å². The molecule has 13 nitrogen and oxygen atoms in total. The molecule has 0 unspecified atom stereocenters. The summed E-state index contributed by atoms with van der Waals surface area (Å²) in [5.74, 6) is 1.36. The molecule has 0 spiro atoms. The molecule has 3 aromatic carbocycles. The minimum atomic E-state index is -0.866. The molecular formula is C42H47N9O4. The molecule has 2 aromatic heterocycles. The Morgan fingerprint density at radius 1 is 0.691 bits per heavy atom. The van der Waals surface area contributed by atoms with E-state index in [1.807, 2.05) is 52.5 Å². The number of piperazine rings is 1. The van der Waals surface area contributed by atoms with Crippen molar-refractivity contribution in [1.29, 1.82) is 0 Å². The van der Waals surface area contributed by atoms with E-state index >= 15 is 0 Å². The summed E-state index contributed by atoms with van der Waals surface area (Å²) in [5, 5.41) is 2.72. The second-order valence-electron chi connectivity index (χ2n) is 14.6. The molecule has 3 N–H and O–H groups in total. The molecule has 0 bridgehead atoms. The molecule has 0 radical (unpaired) electrons. The molecule has 13 heteroatoms. The van der Waals surface area contributed by atoms with Crippen molar-refractivity contribution in [1.82, 2.24) is 44.9 Å². The second kappa shape index (κ2) is 15.8. The van der Waals surface area contributed by atoms with Gasteiger partial charge in [-0.2, -0.15) is 0 Å². The lowest BCUT2D eigenvalue weighted by molar-refractivity contribution is -0.134. The van der Waals surface area contributed by atoms with Crippen LogP contribution in [0.1, 0.15) is 61.0 Å². The summed E-state index contributed by atoms with van der Waals surface area (Å²) >= 11 is 0. The van der Waals surface area contributed by atoms with E-state index in [1.54, 1.807) is 4.90 Å². The van der Waals surface area contributed by atoms with Crippen LogP contribution in [0.3, 0.4) is 0 Å². The minimum Gasteiger partial charge on any atom is -0.453 e. The van der Waals surface area contributed by atoms with Crippen molar-refractivity contribution in [2.45, 2.75) is 43.8 Å². The fourth-order valence-corrected chi connectivity index (χ4v) is 8.04. The summed E-state index contributed by atoms with van der Waals surface area (Å²) < 4.78 is 4.83. The van der Waals surface area contributed by atoms with Crippen LogP contribution in [0.25, 0.3) is 33.6 Å². The van der Waals surface area contributed by atoms with E-state index in [0.717, 1.165) is 104 Å². The highest BCUT2D eigenvalue weighted by molar-refractivity contribution is 5.87. The van der Waals surface area contributed by atoms with Crippen LogP contribution in [0.2, 0.25) is 0 Å². The second-order valence-corrected chi connectivity index (χ2v) is 14.6. The van der Waals surface area contributed by atoms with Gasteiger partial charge < -0.3 is 39.6 Å². The first kappa shape index (κ1) is 36.0. The van der Waals surface area contributed by atoms with Crippen molar-refractivity contribution in [3.05, 3.63) is 108 Å². The van der Waals surface area contributed by atoms with Gasteiger partial charge in [0.2, 0.25) is 0 Å². The van der Waals surface area contributed by atoms with E-state index in [0.29, 0.717) is 12.1 Å². The van der Waals surface area contributed by atoms with Crippen molar-refractivity contribution in [2.24, 2.45) is 0 Å². The number of amides is 4. The number of carbonyl (C=O) groups is 3. The Hall–Kier alpha value is -5.95. The van der Waals surface area contributed by atoms with Crippen molar-refractivity contribution in [3.63, 3.8) is 0 Å². The SMILES string of the molecule is COC(=O)N[C@@H](C(=O)N1CCC[C@H]1c1ncc(-c2ccc(-c3ccc(-c4cnc([C@@H]5CCCN5C(=O)N5CCN(C)CC5)[nH]4)cc3)cc2)[nH]1)c1ccccc1. The van der Waals surface area contributed by atoms with Gasteiger partial charge in [0, 0.05) is 39.3 Å². The third-order valence-electron chi connectivity index (χ3n) is 11.2. The first-order valence-electron chi connectivity index (χ1n) is 19.1. The van der Waals surface area contributed by atoms with Gasteiger partial charge in [0.05, 0.1) is 43.0 Å². The Morgan fingerprint density at radius 3 is 1.75 bits per heavy atom. The van der Waals surface area contributed by atoms with Gasteiger partial charge in [-0.3, -0.25) is 4.79 Å². The number of aromatic nitrogens is 4. The van der Waals surface area contributed by atoms with E-state index in [1.165, 1.54) is 7.11 Å². The van der Waals surface area contributed by atoms with Crippen LogP contribution in [-0.4, -0.2) is 111 Å². The standard InChI is InChI=1S/C42H47N9O4/c1-48-22-24-49(25-23-48)42(54)51-21-7-11-36(51)39-44-27-34(46-39)31-18-14-29(15-19-31)28-12-16-30(17-13-28)33-26-43-38(45-33)35-10-6-20-50(35)40(52)37(47-41(53)55-2)32-8-4-3-5-9-32/h3-5,8-9,12-19,26-27,35-37H,6-7,10-11,20-25H2,1-2H3,(H,43,45)(H,44,46)(H,47,53)/t35-,36-,37+/m0/s1. The van der Waals surface area contributed by atoms with Crippen molar-refractivity contribution in [2.75, 3.05) is 53.4 Å². The van der Waals surface area contributed by atoms with Gasteiger partial charge in [-0.1, -0.05) is 78.9 Å². The lowest BCUT2D eigenvalue weighted by Gasteiger charge is -2.36. The van der Waals surface area contributed by atoms with Gasteiger partial charge in [0.15, 0.2) is 0 Å². The third-order valence-corrected chi connectivity index (χ3v) is 11.2. The number of alkyl carbamates (subject to hydrolysis) is 1. The van der Waals surface area contributed by atoms with Gasteiger partial charge in [-0.05, 0) is 60.5 Å². The largest absolute Gasteiger partial charge is 0.453 e. The molecule has 3 aliphatic heterocycles. The van der Waals surface area contributed by atoms with Crippen LogP contribution in [0.5, 0.6) is 0 Å². The summed E-state index contributed by atoms with van der Waals surface area (Å²) in [4.78, 5) is 63.9. The van der Waals surface area contributed by atoms with E-state index in [4.69, 9.17) is 14.7 Å². The Labute approximate surface area is 320 Å². The lowest BCUT2D eigenvalue weighted by Crippen LogP contribution is -2.51. The van der Waals surface area contributed by atoms with Gasteiger partial charge in [-0.25, -0.2) is 19.6 Å². The molecule has 0 saturated carbocycles. The van der Waals surface area contributed by atoms with E-state index < -0.39 is 12.1 Å². The summed E-state index contributed by atoms with van der Waals surface area (Å²) in [7, 11) is 3.39. The van der Waals surface area contributed by atoms with Crippen molar-refractivity contribution >= 4 is 18.0 Å². The molecule has 4 amide bonds. The highest BCUT2D eigenvalue weighted by Gasteiger charge is 2.38. The summed E-state index contributed by atoms with van der Waals surface area (Å²) in [5.41, 5.74) is 6.69. The van der Waals surface area contributed by atoms with Crippen LogP contribution < -0.4 is 5.32 Å². The number of nitrogens with zero attached hydrogens (tertiary/aromatic N) is 6. The molecule has 5 aromatic rings. The summed E-state index contributed by atoms with van der Waals surface area (Å²) in [6.45, 7) is 4.66. The number of rotatable bonds is 8. The molecule has 55 heavy (non-hydrogen) atoms. The number of aromatic amines is 2. The molecule has 3 saturated heterocycles. The van der Waals surface area contributed by atoms with Crippen LogP contribution in [-0.2, 0) is 9.53 Å². The number of urea groups is 1. The number of likely N-dealkylation sites (N-methyl/N-ethyl adjacent to an activating group) is 1. The van der Waals surface area contributed by atoms with Crippen molar-refractivity contribution in [3.8, 4) is 33.6 Å². The maximum Gasteiger partial charge on any atom is 0.407 e. The quantitative estimate of drug-likeness (QED) is 0.167. The van der Waals surface area contributed by atoms with Crippen LogP contribution in [0, 0.1) is 0 Å². The molecular weight excluding hydrogens is 695 g/mol. The Balaban J connectivity index is 0.919. The van der Waals surface area contributed by atoms with E-state index in [-0.39, 0.29) is 24.0 Å². The highest BCUT2D eigenvalue weighted by Crippen LogP contribution is 2.36. The number of carbonyl (C=O) groups excluding carboxylic acids is 3. The number of nitrogens with one attached hydrogen (secondary N) is 3. The maximum atomic E-state index is 13.9. The third kappa shape index (κ3) is 7.57. The van der Waals surface area contributed by atoms with Gasteiger partial charge >= 0.3 is 12.1 Å². The zero-order valence-electron chi connectivity index (χ0n) is 31.3. The number of hydrogen-bond acceptors (Lipinski definition) is 7. The number of hydrogen-bond donors (Lipinski definition) is 3. The lowest BCUT2D eigenvalue weighted by atomic mass is 10.0. The first-order valence-corrected chi connectivity index (χ1v) is 19.1. The molecule has 3 atom stereocenters. The molecule has 3 fully saturated rings. The fraction of sp³-hybridized carbons (Fsp3) is 0.357. The Kier molecular flexibility index (Phi) is 10.4. The average molecular weight is 742 g/mol. The number of ether oxygens (including phenoxy) is 1. The number of H-pyrrole nitrogens is 2. The molecule has 5 heterocycles. The zero-order valence-corrected chi connectivity index (χ0v) is 31.3. The fourth-order valence-electron chi connectivity index (χ4n) is 8.04. The first-order chi connectivity index (χ1) is 26.9. The van der Waals surface area contributed by atoms with E-state index in [2.05, 4.69) is 75.8 Å². The monoisotopic (exact) mass is 741 g/mol. The Bertz CT molecular complexity index is 2110. The molecule has 3 aliphatic rings. The number of methoxy groups -OCH3 is 1. The van der Waals surface area contributed by atoms with Crippen LogP contribution >= 0.6 is 0 Å². The normalized spacial score (nSPS) is 19.4.